The second kappa shape index (κ2) is 3.53. The van der Waals surface area contributed by atoms with E-state index in [1.165, 1.54) is 0 Å². The number of carbonyl (C=O) groups is 1. The fourth-order valence-corrected chi connectivity index (χ4v) is 0.849. The minimum atomic E-state index is -0.837. The predicted octanol–water partition coefficient (Wildman–Crippen LogP) is -0.123. The van der Waals surface area contributed by atoms with Crippen molar-refractivity contribution in [3.63, 3.8) is 0 Å². The maximum Gasteiger partial charge on any atom is 0.306 e. The minimum Gasteiger partial charge on any atom is -0.481 e. The second-order valence-electron chi connectivity index (χ2n) is 2.17. The van der Waals surface area contributed by atoms with Crippen LogP contribution in [0.4, 0.5) is 0 Å². The molecular formula is C6H10O4. The van der Waals surface area contributed by atoms with E-state index in [-0.39, 0.29) is 12.5 Å². The van der Waals surface area contributed by atoms with Crippen LogP contribution in [0.3, 0.4) is 0 Å². The zero-order chi connectivity index (χ0) is 7.40. The van der Waals surface area contributed by atoms with E-state index in [1.54, 1.807) is 0 Å². The molecule has 0 aromatic heterocycles. The molecule has 58 valence electrons. The Kier molecular flexibility index (Phi) is 2.65. The van der Waals surface area contributed by atoms with Gasteiger partial charge in [-0.2, -0.15) is 0 Å². The molecule has 0 unspecified atom stereocenters. The van der Waals surface area contributed by atoms with Gasteiger partial charge in [0, 0.05) is 0 Å². The first-order valence-electron chi connectivity index (χ1n) is 3.20. The van der Waals surface area contributed by atoms with Crippen molar-refractivity contribution < 1.29 is 19.4 Å². The molecule has 1 aliphatic heterocycles. The molecule has 1 saturated heterocycles. The minimum absolute atomic E-state index is 0.0417. The standard InChI is InChI=1S/C6H10O4/c7-6(8)3-5-4-9-1-2-10-5/h5H,1-4H2,(H,7,8)/t5-/m0/s1. The third-order valence-electron chi connectivity index (χ3n) is 1.29. The highest BCUT2D eigenvalue weighted by atomic mass is 16.6. The lowest BCUT2D eigenvalue weighted by Gasteiger charge is -2.20. The van der Waals surface area contributed by atoms with Gasteiger partial charge < -0.3 is 14.6 Å². The molecule has 4 nitrogen and oxygen atoms in total. The number of carboxylic acid groups (broad SMARTS) is 1. The van der Waals surface area contributed by atoms with Crippen LogP contribution in [-0.2, 0) is 14.3 Å². The van der Waals surface area contributed by atoms with Crippen molar-refractivity contribution in [3.05, 3.63) is 0 Å². The highest BCUT2D eigenvalue weighted by molar-refractivity contribution is 5.67. The van der Waals surface area contributed by atoms with Crippen LogP contribution in [0, 0.1) is 0 Å². The van der Waals surface area contributed by atoms with E-state index in [9.17, 15) is 4.79 Å². The Bertz CT molecular complexity index is 117. The van der Waals surface area contributed by atoms with Gasteiger partial charge in [0.25, 0.3) is 0 Å². The first kappa shape index (κ1) is 7.50. The second-order valence-corrected chi connectivity index (χ2v) is 2.17. The summed E-state index contributed by atoms with van der Waals surface area (Å²) in [7, 11) is 0. The summed E-state index contributed by atoms with van der Waals surface area (Å²) >= 11 is 0. The van der Waals surface area contributed by atoms with Gasteiger partial charge in [0.15, 0.2) is 0 Å². The van der Waals surface area contributed by atoms with Crippen molar-refractivity contribution in [3.8, 4) is 0 Å². The monoisotopic (exact) mass is 146 g/mol. The van der Waals surface area contributed by atoms with E-state index in [4.69, 9.17) is 14.6 Å². The first-order valence-corrected chi connectivity index (χ1v) is 3.20. The third-order valence-corrected chi connectivity index (χ3v) is 1.29. The summed E-state index contributed by atoms with van der Waals surface area (Å²) in [5.74, 6) is -0.837. The zero-order valence-electron chi connectivity index (χ0n) is 5.58. The molecule has 0 radical (unpaired) electrons. The molecule has 4 heteroatoms. The Morgan fingerprint density at radius 2 is 2.40 bits per heavy atom. The molecule has 1 N–H and O–H groups in total. The van der Waals surface area contributed by atoms with Gasteiger partial charge in [-0.15, -0.1) is 0 Å². The van der Waals surface area contributed by atoms with Gasteiger partial charge in [0.2, 0.25) is 0 Å². The normalized spacial score (nSPS) is 26.2. The molecule has 1 fully saturated rings. The Balaban J connectivity index is 2.19. The van der Waals surface area contributed by atoms with Crippen molar-refractivity contribution in [1.82, 2.24) is 0 Å². The van der Waals surface area contributed by atoms with E-state index in [2.05, 4.69) is 0 Å². The summed E-state index contributed by atoms with van der Waals surface area (Å²) in [5, 5.41) is 8.33. The lowest BCUT2D eigenvalue weighted by molar-refractivity contribution is -0.146. The van der Waals surface area contributed by atoms with Crippen LogP contribution in [0.5, 0.6) is 0 Å². The molecule has 0 aromatic carbocycles. The molecule has 1 atom stereocenters. The van der Waals surface area contributed by atoms with Gasteiger partial charge in [-0.3, -0.25) is 4.79 Å². The molecule has 1 rings (SSSR count). The summed E-state index contributed by atoms with van der Waals surface area (Å²) in [4.78, 5) is 10.1. The largest absolute Gasteiger partial charge is 0.481 e. The summed E-state index contributed by atoms with van der Waals surface area (Å²) in [6, 6.07) is 0. The van der Waals surface area contributed by atoms with Crippen LogP contribution in [0.2, 0.25) is 0 Å². The number of aliphatic carboxylic acids is 1. The van der Waals surface area contributed by atoms with Gasteiger partial charge in [-0.1, -0.05) is 0 Å². The van der Waals surface area contributed by atoms with Crippen LogP contribution >= 0.6 is 0 Å². The molecule has 0 saturated carbocycles. The van der Waals surface area contributed by atoms with Crippen LogP contribution in [0.15, 0.2) is 0 Å². The van der Waals surface area contributed by atoms with Gasteiger partial charge in [0.1, 0.15) is 0 Å². The highest BCUT2D eigenvalue weighted by Crippen LogP contribution is 2.04. The van der Waals surface area contributed by atoms with Crippen molar-refractivity contribution in [2.45, 2.75) is 12.5 Å². The van der Waals surface area contributed by atoms with Crippen molar-refractivity contribution in [2.24, 2.45) is 0 Å². The van der Waals surface area contributed by atoms with Gasteiger partial charge >= 0.3 is 5.97 Å². The highest BCUT2D eigenvalue weighted by Gasteiger charge is 2.16. The van der Waals surface area contributed by atoms with Crippen molar-refractivity contribution in [2.75, 3.05) is 19.8 Å². The van der Waals surface area contributed by atoms with E-state index >= 15 is 0 Å². The van der Waals surface area contributed by atoms with Crippen LogP contribution in [-0.4, -0.2) is 37.0 Å². The van der Waals surface area contributed by atoms with Crippen molar-refractivity contribution >= 4 is 5.97 Å². The van der Waals surface area contributed by atoms with Gasteiger partial charge in [-0.25, -0.2) is 0 Å². The van der Waals surface area contributed by atoms with E-state index in [0.717, 1.165) is 0 Å². The average molecular weight is 146 g/mol. The van der Waals surface area contributed by atoms with E-state index in [0.29, 0.717) is 19.8 Å². The molecule has 0 aliphatic carbocycles. The summed E-state index contributed by atoms with van der Waals surface area (Å²) in [6.07, 6.45) is -0.203. The smallest absolute Gasteiger partial charge is 0.306 e. The van der Waals surface area contributed by atoms with Crippen LogP contribution in [0.25, 0.3) is 0 Å². The van der Waals surface area contributed by atoms with Gasteiger partial charge in [-0.05, 0) is 0 Å². The molecule has 0 aromatic rings. The third kappa shape index (κ3) is 2.33. The topological polar surface area (TPSA) is 55.8 Å². The Hall–Kier alpha value is -0.610. The average Bonchev–Trinajstić information content (AvgIpc) is 1.88. The zero-order valence-corrected chi connectivity index (χ0v) is 5.58. The van der Waals surface area contributed by atoms with E-state index in [1.807, 2.05) is 0 Å². The molecule has 1 heterocycles. The van der Waals surface area contributed by atoms with Crippen LogP contribution < -0.4 is 0 Å². The molecule has 0 bridgehead atoms. The molecular weight excluding hydrogens is 136 g/mol. The maximum atomic E-state index is 10.1. The predicted molar refractivity (Wildman–Crippen MR) is 32.8 cm³/mol. The number of hydrogen-bond donors (Lipinski definition) is 1. The molecule has 0 spiro atoms. The lowest BCUT2D eigenvalue weighted by atomic mass is 10.2. The number of ether oxygens (including phenoxy) is 2. The van der Waals surface area contributed by atoms with E-state index < -0.39 is 5.97 Å². The van der Waals surface area contributed by atoms with Crippen LogP contribution in [0.1, 0.15) is 6.42 Å². The summed E-state index contributed by atoms with van der Waals surface area (Å²) in [5.41, 5.74) is 0. The summed E-state index contributed by atoms with van der Waals surface area (Å²) in [6.45, 7) is 1.50. The quantitative estimate of drug-likeness (QED) is 0.590. The number of hydrogen-bond acceptors (Lipinski definition) is 3. The SMILES string of the molecule is O=C(O)C[C@H]1COCCO1. The Labute approximate surface area is 58.7 Å². The maximum absolute atomic E-state index is 10.1. The summed E-state index contributed by atoms with van der Waals surface area (Å²) < 4.78 is 10.1. The molecule has 1 aliphatic rings. The lowest BCUT2D eigenvalue weighted by Crippen LogP contribution is -2.30. The first-order chi connectivity index (χ1) is 4.79. The Morgan fingerprint density at radius 1 is 1.60 bits per heavy atom. The molecule has 0 amide bonds. The van der Waals surface area contributed by atoms with Crippen molar-refractivity contribution in [1.29, 1.82) is 0 Å². The van der Waals surface area contributed by atoms with Gasteiger partial charge in [0.05, 0.1) is 32.3 Å². The Morgan fingerprint density at radius 3 is 2.90 bits per heavy atom. The fourth-order valence-electron chi connectivity index (χ4n) is 0.849. The molecule has 10 heavy (non-hydrogen) atoms. The number of rotatable bonds is 2. The fraction of sp³-hybridized carbons (Fsp3) is 0.833. The number of carboxylic acids is 1.